The molecule has 0 atom stereocenters. The van der Waals surface area contributed by atoms with Crippen LogP contribution >= 0.6 is 23.2 Å². The summed E-state index contributed by atoms with van der Waals surface area (Å²) in [7, 11) is 0. The summed E-state index contributed by atoms with van der Waals surface area (Å²) in [5.41, 5.74) is 7.87. The van der Waals surface area contributed by atoms with E-state index in [0.717, 1.165) is 16.9 Å². The van der Waals surface area contributed by atoms with Crippen LogP contribution in [0.25, 0.3) is 0 Å². The highest BCUT2D eigenvalue weighted by molar-refractivity contribution is 6.36. The molecule has 20 heavy (non-hydrogen) atoms. The van der Waals surface area contributed by atoms with E-state index in [4.69, 9.17) is 33.7 Å². The van der Waals surface area contributed by atoms with Gasteiger partial charge in [-0.15, -0.1) is 0 Å². The third kappa shape index (κ3) is 3.17. The predicted molar refractivity (Wildman–Crippen MR) is 84.0 cm³/mol. The summed E-state index contributed by atoms with van der Waals surface area (Å²) >= 11 is 12.0. The Morgan fingerprint density at radius 1 is 1.15 bits per heavy atom. The Bertz CT molecular complexity index is 642. The number of aromatic nitrogens is 1. The summed E-state index contributed by atoms with van der Waals surface area (Å²) in [4.78, 5) is 4.09. The number of benzene rings is 1. The number of aryl methyl sites for hydroxylation is 1. The zero-order valence-electron chi connectivity index (χ0n) is 11.6. The summed E-state index contributed by atoms with van der Waals surface area (Å²) < 4.78 is 5.84. The maximum atomic E-state index is 6.10. The molecule has 0 aliphatic heterocycles. The van der Waals surface area contributed by atoms with Crippen LogP contribution in [-0.2, 0) is 0 Å². The van der Waals surface area contributed by atoms with E-state index in [9.17, 15) is 0 Å². The fourth-order valence-corrected chi connectivity index (χ4v) is 2.24. The third-order valence-electron chi connectivity index (χ3n) is 2.92. The molecule has 1 aromatic heterocycles. The van der Waals surface area contributed by atoms with Gasteiger partial charge in [0, 0.05) is 0 Å². The number of nitrogen functional groups attached to an aromatic ring is 1. The quantitative estimate of drug-likeness (QED) is 0.848. The van der Waals surface area contributed by atoms with Crippen molar-refractivity contribution in [2.45, 2.75) is 26.7 Å². The van der Waals surface area contributed by atoms with E-state index in [1.54, 1.807) is 0 Å². The lowest BCUT2D eigenvalue weighted by Gasteiger charge is -2.15. The van der Waals surface area contributed by atoms with Crippen molar-refractivity contribution >= 4 is 29.0 Å². The molecule has 0 spiro atoms. The minimum absolute atomic E-state index is 0.199. The smallest absolute Gasteiger partial charge is 0.240 e. The van der Waals surface area contributed by atoms with Crippen LogP contribution in [0.4, 0.5) is 5.82 Å². The molecule has 0 bridgehead atoms. The first-order valence-electron chi connectivity index (χ1n) is 6.28. The molecule has 2 aromatic rings. The lowest BCUT2D eigenvalue weighted by atomic mass is 10.0. The highest BCUT2D eigenvalue weighted by Gasteiger charge is 2.13. The largest absolute Gasteiger partial charge is 0.437 e. The number of anilines is 1. The molecule has 1 aromatic carbocycles. The van der Waals surface area contributed by atoms with Gasteiger partial charge < -0.3 is 10.5 Å². The van der Waals surface area contributed by atoms with E-state index in [-0.39, 0.29) is 11.7 Å². The van der Waals surface area contributed by atoms with Crippen molar-refractivity contribution in [2.24, 2.45) is 0 Å². The topological polar surface area (TPSA) is 48.1 Å². The zero-order valence-corrected chi connectivity index (χ0v) is 13.1. The van der Waals surface area contributed by atoms with E-state index in [0.29, 0.717) is 16.0 Å². The molecule has 1 heterocycles. The molecule has 106 valence electrons. The second-order valence-electron chi connectivity index (χ2n) is 4.94. The number of rotatable bonds is 3. The van der Waals surface area contributed by atoms with Crippen LogP contribution in [0.15, 0.2) is 24.3 Å². The van der Waals surface area contributed by atoms with Crippen molar-refractivity contribution in [3.05, 3.63) is 45.4 Å². The normalized spacial score (nSPS) is 10.9. The molecule has 0 aliphatic carbocycles. The monoisotopic (exact) mass is 310 g/mol. The van der Waals surface area contributed by atoms with Gasteiger partial charge in [0.05, 0.1) is 5.02 Å². The number of hydrogen-bond acceptors (Lipinski definition) is 3. The summed E-state index contributed by atoms with van der Waals surface area (Å²) in [6, 6.07) is 7.58. The first-order chi connectivity index (χ1) is 9.38. The van der Waals surface area contributed by atoms with E-state index in [2.05, 4.69) is 18.8 Å². The van der Waals surface area contributed by atoms with Crippen molar-refractivity contribution in [1.29, 1.82) is 0 Å². The summed E-state index contributed by atoms with van der Waals surface area (Å²) in [6.45, 7) is 6.20. The van der Waals surface area contributed by atoms with Gasteiger partial charge in [0.25, 0.3) is 0 Å². The molecule has 0 aliphatic rings. The number of nitrogens with two attached hydrogens (primary N) is 1. The Morgan fingerprint density at radius 2 is 1.85 bits per heavy atom. The fraction of sp³-hybridized carbons (Fsp3) is 0.267. The average Bonchev–Trinajstić information content (AvgIpc) is 2.35. The lowest BCUT2D eigenvalue weighted by molar-refractivity contribution is 0.455. The molecule has 5 heteroatoms. The predicted octanol–water partition coefficient (Wildman–Crippen LogP) is 5.19. The highest BCUT2D eigenvalue weighted by atomic mass is 35.5. The number of ether oxygens (including phenoxy) is 1. The molecule has 2 rings (SSSR count). The molecule has 0 saturated heterocycles. The Kier molecular flexibility index (Phi) is 4.41. The first kappa shape index (κ1) is 14.9. The van der Waals surface area contributed by atoms with Crippen LogP contribution in [0.2, 0.25) is 10.0 Å². The van der Waals surface area contributed by atoms with Gasteiger partial charge in [0.15, 0.2) is 0 Å². The lowest BCUT2D eigenvalue weighted by Crippen LogP contribution is -1.99. The van der Waals surface area contributed by atoms with Gasteiger partial charge in [-0.1, -0.05) is 49.2 Å². The number of nitrogens with zero attached hydrogens (tertiary/aromatic N) is 1. The number of pyridine rings is 1. The van der Waals surface area contributed by atoms with Crippen LogP contribution in [0, 0.1) is 6.92 Å². The van der Waals surface area contributed by atoms with Crippen molar-refractivity contribution in [3.63, 3.8) is 0 Å². The highest BCUT2D eigenvalue weighted by Crippen LogP contribution is 2.35. The number of hydrogen-bond donors (Lipinski definition) is 1. The van der Waals surface area contributed by atoms with E-state index >= 15 is 0 Å². The molecular weight excluding hydrogens is 295 g/mol. The molecule has 0 fully saturated rings. The van der Waals surface area contributed by atoms with Crippen LogP contribution < -0.4 is 10.5 Å². The Morgan fingerprint density at radius 3 is 2.50 bits per heavy atom. The van der Waals surface area contributed by atoms with Crippen LogP contribution in [0.1, 0.15) is 30.9 Å². The Hall–Kier alpha value is -1.45. The minimum atomic E-state index is 0.199. The summed E-state index contributed by atoms with van der Waals surface area (Å²) in [5.74, 6) is 1.52. The molecule has 2 N–H and O–H groups in total. The average molecular weight is 311 g/mol. The van der Waals surface area contributed by atoms with E-state index in [1.807, 2.05) is 25.1 Å². The van der Waals surface area contributed by atoms with Crippen molar-refractivity contribution in [3.8, 4) is 11.6 Å². The van der Waals surface area contributed by atoms with Gasteiger partial charge in [-0.2, -0.15) is 4.98 Å². The van der Waals surface area contributed by atoms with E-state index < -0.39 is 0 Å². The Labute approximate surface area is 128 Å². The van der Waals surface area contributed by atoms with Crippen LogP contribution in [0.3, 0.4) is 0 Å². The molecule has 0 saturated carbocycles. The van der Waals surface area contributed by atoms with E-state index in [1.165, 1.54) is 6.07 Å². The Balaban J connectivity index is 2.44. The van der Waals surface area contributed by atoms with Gasteiger partial charge in [-0.3, -0.25) is 0 Å². The van der Waals surface area contributed by atoms with Gasteiger partial charge >= 0.3 is 0 Å². The van der Waals surface area contributed by atoms with Gasteiger partial charge in [-0.25, -0.2) is 0 Å². The van der Waals surface area contributed by atoms with Crippen molar-refractivity contribution in [2.75, 3.05) is 5.73 Å². The molecule has 0 radical (unpaired) electrons. The maximum absolute atomic E-state index is 6.10. The minimum Gasteiger partial charge on any atom is -0.437 e. The second kappa shape index (κ2) is 5.90. The maximum Gasteiger partial charge on any atom is 0.240 e. The van der Waals surface area contributed by atoms with Crippen LogP contribution in [-0.4, -0.2) is 4.98 Å². The molecule has 0 unspecified atom stereocenters. The second-order valence-corrected chi connectivity index (χ2v) is 5.75. The molecular formula is C15H16Cl2N2O. The first-order valence-corrected chi connectivity index (χ1v) is 7.04. The van der Waals surface area contributed by atoms with Gasteiger partial charge in [0.2, 0.25) is 5.88 Å². The zero-order chi connectivity index (χ0) is 14.9. The molecule has 0 amide bonds. The van der Waals surface area contributed by atoms with Crippen molar-refractivity contribution in [1.82, 2.24) is 4.98 Å². The van der Waals surface area contributed by atoms with Crippen LogP contribution in [0.5, 0.6) is 11.6 Å². The summed E-state index contributed by atoms with van der Waals surface area (Å²) in [6.07, 6.45) is 0. The van der Waals surface area contributed by atoms with Gasteiger partial charge in [0.1, 0.15) is 16.6 Å². The third-order valence-corrected chi connectivity index (χ3v) is 3.50. The van der Waals surface area contributed by atoms with Crippen molar-refractivity contribution < 1.29 is 4.74 Å². The summed E-state index contributed by atoms with van der Waals surface area (Å²) in [5, 5.41) is 0.649. The standard InChI is InChI=1S/C15H16Cl2N2O/c1-8(2)10-5-4-9(3)6-13(10)20-15-12(17)7-11(16)14(18)19-15/h4-8H,1-3H3,(H2,18,19). The number of halogens is 2. The fourth-order valence-electron chi connectivity index (χ4n) is 1.85. The molecule has 3 nitrogen and oxygen atoms in total. The van der Waals surface area contributed by atoms with Gasteiger partial charge in [-0.05, 0) is 36.1 Å². The SMILES string of the molecule is Cc1ccc(C(C)C)c(Oc2nc(N)c(Cl)cc2Cl)c1.